The average Bonchev–Trinajstić information content (AvgIpc) is 2.81. The van der Waals surface area contributed by atoms with Crippen LogP contribution in [-0.4, -0.2) is 46.8 Å². The van der Waals surface area contributed by atoms with Crippen molar-refractivity contribution in [2.45, 2.75) is 58.5 Å². The van der Waals surface area contributed by atoms with E-state index in [2.05, 4.69) is 32.7 Å². The van der Waals surface area contributed by atoms with Gasteiger partial charge in [-0.2, -0.15) is 0 Å². The molecule has 2 aliphatic heterocycles. The van der Waals surface area contributed by atoms with E-state index in [0.717, 1.165) is 17.8 Å². The molecule has 1 aromatic heterocycles. The van der Waals surface area contributed by atoms with E-state index in [0.29, 0.717) is 23.3 Å². The summed E-state index contributed by atoms with van der Waals surface area (Å²) in [6, 6.07) is 2.23. The van der Waals surface area contributed by atoms with E-state index >= 15 is 0 Å². The number of aromatic nitrogens is 1. The van der Waals surface area contributed by atoms with Crippen molar-refractivity contribution in [1.29, 1.82) is 0 Å². The molecule has 1 saturated heterocycles. The molecule has 132 valence electrons. The third-order valence-corrected chi connectivity index (χ3v) is 5.05. The van der Waals surface area contributed by atoms with Crippen molar-refractivity contribution in [3.8, 4) is 0 Å². The van der Waals surface area contributed by atoms with E-state index < -0.39 is 12.3 Å². The van der Waals surface area contributed by atoms with Crippen molar-refractivity contribution in [1.82, 2.24) is 9.88 Å². The van der Waals surface area contributed by atoms with Crippen molar-refractivity contribution in [2.75, 3.05) is 18.0 Å². The predicted molar refractivity (Wildman–Crippen MR) is 94.0 cm³/mol. The number of nitrogens with zero attached hydrogens (tertiary/aromatic N) is 3. The fraction of sp³-hybridized carbons (Fsp3) is 0.647. The molecule has 1 fully saturated rings. The summed E-state index contributed by atoms with van der Waals surface area (Å²) in [5.41, 5.74) is 1.02. The number of carbonyl (C=O) groups excluding carboxylic acids is 1. The molecule has 2 aliphatic rings. The van der Waals surface area contributed by atoms with Crippen LogP contribution in [0.25, 0.3) is 0 Å². The summed E-state index contributed by atoms with van der Waals surface area (Å²) in [6.45, 7) is 8.26. The summed E-state index contributed by atoms with van der Waals surface area (Å²) in [6.07, 6.45) is 0.528. The zero-order valence-corrected chi connectivity index (χ0v) is 16.1. The maximum absolute atomic E-state index is 13.1. The van der Waals surface area contributed by atoms with Crippen molar-refractivity contribution < 1.29 is 13.9 Å². The first-order chi connectivity index (χ1) is 11.2. The highest BCUT2D eigenvalue weighted by molar-refractivity contribution is 9.10. The van der Waals surface area contributed by atoms with Crippen LogP contribution in [0.1, 0.15) is 39.0 Å². The molecular formula is C17H23BrFN3O2. The van der Waals surface area contributed by atoms with Crippen LogP contribution in [0.5, 0.6) is 0 Å². The van der Waals surface area contributed by atoms with Crippen LogP contribution in [0.4, 0.5) is 15.0 Å². The summed E-state index contributed by atoms with van der Waals surface area (Å²) in [5, 5.41) is 0. The molecule has 0 saturated carbocycles. The Balaban J connectivity index is 1.81. The second kappa shape index (κ2) is 6.17. The first-order valence-corrected chi connectivity index (χ1v) is 8.99. The van der Waals surface area contributed by atoms with E-state index in [9.17, 15) is 9.18 Å². The van der Waals surface area contributed by atoms with Crippen molar-refractivity contribution in [3.63, 3.8) is 0 Å². The third-order valence-electron chi connectivity index (χ3n) is 4.37. The first-order valence-electron chi connectivity index (χ1n) is 8.20. The van der Waals surface area contributed by atoms with Gasteiger partial charge < -0.3 is 14.5 Å². The SMILES string of the molecule is C[C@@H]1CN(C(=O)OC(C)(C)C)C[C@H]2Cc3cc(Br)c(CF)nc3N21. The largest absolute Gasteiger partial charge is 0.444 e. The molecule has 0 aromatic carbocycles. The number of halogens is 2. The van der Waals surface area contributed by atoms with Gasteiger partial charge in [-0.15, -0.1) is 0 Å². The Morgan fingerprint density at radius 1 is 1.46 bits per heavy atom. The molecule has 0 unspecified atom stereocenters. The van der Waals surface area contributed by atoms with Gasteiger partial charge in [-0.05, 0) is 61.7 Å². The van der Waals surface area contributed by atoms with E-state index in [4.69, 9.17) is 4.74 Å². The fourth-order valence-electron chi connectivity index (χ4n) is 3.48. The molecule has 1 amide bonds. The Kier molecular flexibility index (Phi) is 4.49. The molecule has 3 rings (SSSR count). The monoisotopic (exact) mass is 399 g/mol. The lowest BCUT2D eigenvalue weighted by molar-refractivity contribution is 0.0191. The van der Waals surface area contributed by atoms with Crippen LogP contribution in [0.3, 0.4) is 0 Å². The van der Waals surface area contributed by atoms with Gasteiger partial charge in [0.1, 0.15) is 18.1 Å². The van der Waals surface area contributed by atoms with Gasteiger partial charge in [0.15, 0.2) is 0 Å². The molecule has 0 bridgehead atoms. The number of alkyl halides is 1. The number of fused-ring (bicyclic) bond motifs is 3. The predicted octanol–water partition coefficient (Wildman–Crippen LogP) is 3.68. The maximum Gasteiger partial charge on any atom is 0.410 e. The average molecular weight is 400 g/mol. The molecule has 0 spiro atoms. The lowest BCUT2D eigenvalue weighted by Crippen LogP contribution is -2.58. The Hall–Kier alpha value is -1.37. The summed E-state index contributed by atoms with van der Waals surface area (Å²) in [4.78, 5) is 20.9. The van der Waals surface area contributed by atoms with Gasteiger partial charge in [-0.3, -0.25) is 0 Å². The number of anilines is 1. The Morgan fingerprint density at radius 3 is 2.79 bits per heavy atom. The van der Waals surface area contributed by atoms with E-state index in [-0.39, 0.29) is 18.2 Å². The number of pyridine rings is 1. The third kappa shape index (κ3) is 3.23. The highest BCUT2D eigenvalue weighted by atomic mass is 79.9. The van der Waals surface area contributed by atoms with Crippen LogP contribution >= 0.6 is 15.9 Å². The maximum atomic E-state index is 13.1. The van der Waals surface area contributed by atoms with Gasteiger partial charge in [0.05, 0.1) is 11.7 Å². The molecule has 0 N–H and O–H groups in total. The summed E-state index contributed by atoms with van der Waals surface area (Å²) < 4.78 is 19.3. The van der Waals surface area contributed by atoms with Crippen LogP contribution < -0.4 is 4.90 Å². The Morgan fingerprint density at radius 2 is 2.17 bits per heavy atom. The Bertz CT molecular complexity index is 662. The lowest BCUT2D eigenvalue weighted by Gasteiger charge is -2.43. The second-order valence-electron chi connectivity index (χ2n) is 7.53. The molecule has 0 aliphatic carbocycles. The standard InChI is InChI=1S/C17H23BrFN3O2/c1-10-8-21(16(23)24-17(2,3)4)9-12-5-11-6-13(18)14(7-19)20-15(11)22(10)12/h6,10,12H,5,7-9H2,1-4H3/t10-,12-/m1/s1. The first kappa shape index (κ1) is 17.5. The smallest absolute Gasteiger partial charge is 0.410 e. The number of carbonyl (C=O) groups is 1. The molecule has 3 heterocycles. The van der Waals surface area contributed by atoms with Crippen molar-refractivity contribution >= 4 is 27.8 Å². The second-order valence-corrected chi connectivity index (χ2v) is 8.39. The fourth-order valence-corrected chi connectivity index (χ4v) is 3.95. The number of amides is 1. The minimum absolute atomic E-state index is 0.110. The highest BCUT2D eigenvalue weighted by Crippen LogP contribution is 2.37. The topological polar surface area (TPSA) is 45.7 Å². The summed E-state index contributed by atoms with van der Waals surface area (Å²) in [7, 11) is 0. The number of rotatable bonds is 1. The van der Waals surface area contributed by atoms with Crippen molar-refractivity contribution in [3.05, 3.63) is 21.8 Å². The van der Waals surface area contributed by atoms with Crippen LogP contribution in [0, 0.1) is 0 Å². The van der Waals surface area contributed by atoms with Crippen molar-refractivity contribution in [2.24, 2.45) is 0 Å². The minimum atomic E-state index is -0.592. The van der Waals surface area contributed by atoms with E-state index in [1.165, 1.54) is 0 Å². The van der Waals surface area contributed by atoms with Gasteiger partial charge >= 0.3 is 6.09 Å². The summed E-state index contributed by atoms with van der Waals surface area (Å²) >= 11 is 3.39. The van der Waals surface area contributed by atoms with Gasteiger partial charge in [-0.25, -0.2) is 14.2 Å². The van der Waals surface area contributed by atoms with Crippen LogP contribution in [0.2, 0.25) is 0 Å². The molecular weight excluding hydrogens is 377 g/mol. The normalized spacial score (nSPS) is 23.1. The number of piperazine rings is 1. The lowest BCUT2D eigenvalue weighted by atomic mass is 10.1. The molecule has 7 heteroatoms. The van der Waals surface area contributed by atoms with Gasteiger partial charge in [0.25, 0.3) is 0 Å². The minimum Gasteiger partial charge on any atom is -0.444 e. The number of ether oxygens (including phenoxy) is 1. The van der Waals surface area contributed by atoms with Gasteiger partial charge in [-0.1, -0.05) is 0 Å². The molecule has 1 aromatic rings. The van der Waals surface area contributed by atoms with E-state index in [1.54, 1.807) is 4.90 Å². The van der Waals surface area contributed by atoms with Gasteiger partial charge in [0, 0.05) is 23.6 Å². The molecule has 0 radical (unpaired) electrons. The Labute approximate surface area is 150 Å². The zero-order valence-electron chi connectivity index (χ0n) is 14.5. The number of hydrogen-bond donors (Lipinski definition) is 0. The molecule has 5 nitrogen and oxygen atoms in total. The van der Waals surface area contributed by atoms with Gasteiger partial charge in [0.2, 0.25) is 0 Å². The summed E-state index contributed by atoms with van der Waals surface area (Å²) in [5.74, 6) is 0.854. The quantitative estimate of drug-likeness (QED) is 0.722. The zero-order chi connectivity index (χ0) is 17.6. The van der Waals surface area contributed by atoms with E-state index in [1.807, 2.05) is 26.8 Å². The van der Waals surface area contributed by atoms with Crippen LogP contribution in [-0.2, 0) is 17.8 Å². The highest BCUT2D eigenvalue weighted by Gasteiger charge is 2.41. The number of hydrogen-bond acceptors (Lipinski definition) is 4. The molecule has 24 heavy (non-hydrogen) atoms. The van der Waals surface area contributed by atoms with Crippen LogP contribution in [0.15, 0.2) is 10.5 Å². The molecule has 2 atom stereocenters.